The van der Waals surface area contributed by atoms with E-state index in [4.69, 9.17) is 4.99 Å². The van der Waals surface area contributed by atoms with E-state index >= 15 is 0 Å². The van der Waals surface area contributed by atoms with Gasteiger partial charge in [0, 0.05) is 35.6 Å². The van der Waals surface area contributed by atoms with Crippen LogP contribution < -0.4 is 10.2 Å². The van der Waals surface area contributed by atoms with E-state index < -0.39 is 23.6 Å². The third-order valence-electron chi connectivity index (χ3n) is 6.13. The minimum absolute atomic E-state index is 0.0645. The second-order valence-corrected chi connectivity index (χ2v) is 8.48. The van der Waals surface area contributed by atoms with Crippen LogP contribution in [0.15, 0.2) is 83.4 Å². The van der Waals surface area contributed by atoms with Crippen LogP contribution in [0.5, 0.6) is 0 Å². The molecule has 4 rings (SSSR count). The van der Waals surface area contributed by atoms with Gasteiger partial charge < -0.3 is 20.4 Å². The van der Waals surface area contributed by atoms with Crippen molar-refractivity contribution in [2.45, 2.75) is 13.8 Å². The molecule has 0 aromatic heterocycles. The fourth-order valence-electron chi connectivity index (χ4n) is 4.20. The highest BCUT2D eigenvalue weighted by molar-refractivity contribution is 6.37. The molecule has 0 unspecified atom stereocenters. The molecule has 0 aliphatic heterocycles. The Kier molecular flexibility index (Phi) is 7.48. The van der Waals surface area contributed by atoms with Crippen molar-refractivity contribution in [1.82, 2.24) is 0 Å². The monoisotopic (exact) mass is 511 g/mol. The Morgan fingerprint density at radius 2 is 1.42 bits per heavy atom. The first-order chi connectivity index (χ1) is 18.2. The van der Waals surface area contributed by atoms with Crippen molar-refractivity contribution < 1.29 is 29.4 Å². The van der Waals surface area contributed by atoms with Crippen molar-refractivity contribution in [1.29, 1.82) is 0 Å². The summed E-state index contributed by atoms with van der Waals surface area (Å²) >= 11 is 0. The van der Waals surface area contributed by atoms with Crippen LogP contribution in [0.2, 0.25) is 0 Å². The molecule has 3 aromatic carbocycles. The number of ketones is 1. The van der Waals surface area contributed by atoms with Crippen LogP contribution in [0, 0.1) is 0 Å². The number of carboxylic acid groups (broad SMARTS) is 2. The molecule has 3 aromatic rings. The molecule has 1 aliphatic carbocycles. The molecule has 0 atom stereocenters. The van der Waals surface area contributed by atoms with Crippen LogP contribution >= 0.6 is 0 Å². The molecule has 0 spiro atoms. The zero-order chi connectivity index (χ0) is 27.4. The van der Waals surface area contributed by atoms with E-state index in [9.17, 15) is 29.4 Å². The van der Waals surface area contributed by atoms with Crippen LogP contribution in [0.3, 0.4) is 0 Å². The van der Waals surface area contributed by atoms with Gasteiger partial charge in [-0.05, 0) is 62.4 Å². The largest absolute Gasteiger partial charge is 0.478 e. The van der Waals surface area contributed by atoms with E-state index in [1.807, 2.05) is 24.3 Å². The summed E-state index contributed by atoms with van der Waals surface area (Å²) < 4.78 is 0. The maximum atomic E-state index is 13.2. The van der Waals surface area contributed by atoms with Crippen molar-refractivity contribution in [2.24, 2.45) is 4.99 Å². The second kappa shape index (κ2) is 10.9. The molecule has 38 heavy (non-hydrogen) atoms. The van der Waals surface area contributed by atoms with Crippen molar-refractivity contribution in [3.8, 4) is 0 Å². The lowest BCUT2D eigenvalue weighted by Crippen LogP contribution is -2.26. The van der Waals surface area contributed by atoms with Gasteiger partial charge in [-0.3, -0.25) is 9.59 Å². The van der Waals surface area contributed by atoms with E-state index in [1.54, 1.807) is 24.3 Å². The van der Waals surface area contributed by atoms with E-state index in [0.29, 0.717) is 22.5 Å². The summed E-state index contributed by atoms with van der Waals surface area (Å²) in [7, 11) is 0. The van der Waals surface area contributed by atoms with Crippen molar-refractivity contribution in [3.63, 3.8) is 0 Å². The van der Waals surface area contributed by atoms with Gasteiger partial charge in [0.15, 0.2) is 5.78 Å². The lowest BCUT2D eigenvalue weighted by Gasteiger charge is -2.21. The van der Waals surface area contributed by atoms with E-state index in [-0.39, 0.29) is 22.4 Å². The number of aromatic carboxylic acids is 2. The normalized spacial score (nSPS) is 13.5. The highest BCUT2D eigenvalue weighted by atomic mass is 16.4. The molecule has 0 fully saturated rings. The zero-order valence-electron chi connectivity index (χ0n) is 20.8. The van der Waals surface area contributed by atoms with Crippen molar-refractivity contribution >= 4 is 46.4 Å². The minimum Gasteiger partial charge on any atom is -0.478 e. The molecule has 0 bridgehead atoms. The highest BCUT2D eigenvalue weighted by Gasteiger charge is 2.29. The summed E-state index contributed by atoms with van der Waals surface area (Å²) in [6.07, 6.45) is 1.39. The maximum Gasteiger partial charge on any atom is 0.335 e. The number of anilines is 2. The Hall–Kier alpha value is -5.05. The van der Waals surface area contributed by atoms with E-state index in [0.717, 1.165) is 37.0 Å². The minimum atomic E-state index is -1.35. The first kappa shape index (κ1) is 26.0. The SMILES string of the molecule is CCN(CC)c1ccc(N=C2C=C(C(=O)Nc3cc(C(=O)O)cc(C(=O)O)c3)C(=O)c3ccccc32)cc1. The van der Waals surface area contributed by atoms with Crippen molar-refractivity contribution in [3.05, 3.63) is 101 Å². The average Bonchev–Trinajstić information content (AvgIpc) is 2.91. The van der Waals surface area contributed by atoms with Gasteiger partial charge >= 0.3 is 11.9 Å². The number of rotatable bonds is 8. The number of allylic oxidation sites excluding steroid dienone is 1. The topological polar surface area (TPSA) is 136 Å². The molecular weight excluding hydrogens is 486 g/mol. The number of hydrogen-bond donors (Lipinski definition) is 3. The van der Waals surface area contributed by atoms with Gasteiger partial charge in [-0.2, -0.15) is 0 Å². The number of carbonyl (C=O) groups excluding carboxylic acids is 2. The number of Topliss-reactive ketones (excluding diaryl/α,β-unsaturated/α-hetero) is 1. The molecule has 9 nitrogen and oxygen atoms in total. The number of carboxylic acids is 2. The number of nitrogens with one attached hydrogen (secondary N) is 1. The van der Waals surface area contributed by atoms with E-state index in [2.05, 4.69) is 24.1 Å². The molecular formula is C29H25N3O6. The van der Waals surface area contributed by atoms with Gasteiger partial charge in [-0.15, -0.1) is 0 Å². The number of benzene rings is 3. The Balaban J connectivity index is 1.71. The molecule has 1 amide bonds. The van der Waals surface area contributed by atoms with Crippen LogP contribution in [-0.2, 0) is 4.79 Å². The molecule has 0 radical (unpaired) electrons. The van der Waals surface area contributed by atoms with Crippen LogP contribution in [0.1, 0.15) is 50.5 Å². The third kappa shape index (κ3) is 5.36. The summed E-state index contributed by atoms with van der Waals surface area (Å²) in [6.45, 7) is 5.88. The van der Waals surface area contributed by atoms with Crippen LogP contribution in [0.25, 0.3) is 0 Å². The quantitative estimate of drug-likeness (QED) is 0.369. The molecule has 0 saturated carbocycles. The average molecular weight is 512 g/mol. The number of aliphatic imine (C=N–C) groups is 1. The highest BCUT2D eigenvalue weighted by Crippen LogP contribution is 2.27. The Morgan fingerprint density at radius 3 is 1.97 bits per heavy atom. The summed E-state index contributed by atoms with van der Waals surface area (Å²) in [5.41, 5.74) is 2.06. The Morgan fingerprint density at radius 1 is 0.842 bits per heavy atom. The number of nitrogens with zero attached hydrogens (tertiary/aromatic N) is 2. The van der Waals surface area contributed by atoms with Crippen LogP contribution in [-0.4, -0.2) is 52.6 Å². The molecule has 0 heterocycles. The molecule has 3 N–H and O–H groups in total. The summed E-state index contributed by atoms with van der Waals surface area (Å²) in [4.78, 5) is 56.1. The van der Waals surface area contributed by atoms with Gasteiger partial charge in [0.25, 0.3) is 5.91 Å². The fourth-order valence-corrected chi connectivity index (χ4v) is 4.20. The lowest BCUT2D eigenvalue weighted by molar-refractivity contribution is -0.112. The fraction of sp³-hybridized carbons (Fsp3) is 0.138. The van der Waals surface area contributed by atoms with Gasteiger partial charge in [-0.25, -0.2) is 14.6 Å². The summed E-state index contributed by atoms with van der Waals surface area (Å²) in [5, 5.41) is 21.1. The Labute approximate surface area is 218 Å². The predicted octanol–water partition coefficient (Wildman–Crippen LogP) is 4.81. The van der Waals surface area contributed by atoms with Gasteiger partial charge in [-0.1, -0.05) is 24.3 Å². The zero-order valence-corrected chi connectivity index (χ0v) is 20.8. The van der Waals surface area contributed by atoms with E-state index in [1.165, 1.54) is 6.08 Å². The molecule has 9 heteroatoms. The lowest BCUT2D eigenvalue weighted by atomic mass is 9.88. The maximum absolute atomic E-state index is 13.2. The van der Waals surface area contributed by atoms with Gasteiger partial charge in [0.05, 0.1) is 28.1 Å². The van der Waals surface area contributed by atoms with Gasteiger partial charge in [0.1, 0.15) is 0 Å². The van der Waals surface area contributed by atoms with Gasteiger partial charge in [0.2, 0.25) is 0 Å². The Bertz CT molecular complexity index is 1470. The van der Waals surface area contributed by atoms with Crippen molar-refractivity contribution in [2.75, 3.05) is 23.3 Å². The standard InChI is InChI=1S/C29H25N3O6/c1-3-32(4-2)21-11-9-19(10-12-21)30-25-16-24(26(33)23-8-6-5-7-22(23)25)27(34)31-20-14-17(28(35)36)13-18(15-20)29(37)38/h5-16H,3-4H2,1-2H3,(H,31,34)(H,35,36)(H,37,38). The number of carbonyl (C=O) groups is 4. The molecule has 192 valence electrons. The third-order valence-corrected chi connectivity index (χ3v) is 6.13. The number of amides is 1. The number of hydrogen-bond acceptors (Lipinski definition) is 6. The summed E-state index contributed by atoms with van der Waals surface area (Å²) in [6, 6.07) is 17.7. The summed E-state index contributed by atoms with van der Waals surface area (Å²) in [5.74, 6) is -4.05. The predicted molar refractivity (Wildman–Crippen MR) is 144 cm³/mol. The van der Waals surface area contributed by atoms with Crippen LogP contribution in [0.4, 0.5) is 17.1 Å². The smallest absolute Gasteiger partial charge is 0.335 e. The first-order valence-corrected chi connectivity index (χ1v) is 11.9. The first-order valence-electron chi connectivity index (χ1n) is 11.9. The molecule has 0 saturated heterocycles. The second-order valence-electron chi connectivity index (χ2n) is 8.48. The molecule has 1 aliphatic rings. The number of fused-ring (bicyclic) bond motifs is 1.